The summed E-state index contributed by atoms with van der Waals surface area (Å²) in [7, 11) is 1.62. The minimum absolute atomic E-state index is 0.0150. The first kappa shape index (κ1) is 11.2. The summed E-state index contributed by atoms with van der Waals surface area (Å²) < 4.78 is 5.04. The molecule has 1 aliphatic rings. The molecule has 0 spiro atoms. The van der Waals surface area contributed by atoms with E-state index in [-0.39, 0.29) is 5.91 Å². The van der Waals surface area contributed by atoms with Crippen molar-refractivity contribution in [2.24, 2.45) is 0 Å². The van der Waals surface area contributed by atoms with Crippen LogP contribution < -0.4 is 0 Å². The van der Waals surface area contributed by atoms with E-state index in [0.717, 1.165) is 12.8 Å². The Kier molecular flexibility index (Phi) is 4.66. The second kappa shape index (κ2) is 5.81. The molecule has 0 atom stereocenters. The SMILES string of the molecule is C=CC(=O)N(COC)C1CCCCC1. The van der Waals surface area contributed by atoms with E-state index in [1.54, 1.807) is 12.0 Å². The Morgan fingerprint density at radius 1 is 1.50 bits per heavy atom. The van der Waals surface area contributed by atoms with Gasteiger partial charge in [0.15, 0.2) is 0 Å². The average molecular weight is 197 g/mol. The number of ether oxygens (including phenoxy) is 1. The Morgan fingerprint density at radius 2 is 2.14 bits per heavy atom. The zero-order valence-corrected chi connectivity index (χ0v) is 8.87. The highest BCUT2D eigenvalue weighted by Gasteiger charge is 2.23. The fourth-order valence-electron chi connectivity index (χ4n) is 2.00. The van der Waals surface area contributed by atoms with Crippen LogP contribution in [0.3, 0.4) is 0 Å². The predicted molar refractivity (Wildman–Crippen MR) is 55.8 cm³/mol. The second-order valence-corrected chi connectivity index (χ2v) is 3.72. The lowest BCUT2D eigenvalue weighted by Crippen LogP contribution is -2.41. The molecule has 80 valence electrons. The molecule has 3 nitrogen and oxygen atoms in total. The monoisotopic (exact) mass is 197 g/mol. The first-order valence-electron chi connectivity index (χ1n) is 5.21. The molecular weight excluding hydrogens is 178 g/mol. The number of methoxy groups -OCH3 is 1. The number of carbonyl (C=O) groups excluding carboxylic acids is 1. The van der Waals surface area contributed by atoms with Crippen molar-refractivity contribution < 1.29 is 9.53 Å². The van der Waals surface area contributed by atoms with Crippen LogP contribution >= 0.6 is 0 Å². The molecule has 1 amide bonds. The third-order valence-electron chi connectivity index (χ3n) is 2.74. The molecule has 1 saturated carbocycles. The molecule has 0 aromatic heterocycles. The van der Waals surface area contributed by atoms with Gasteiger partial charge in [-0.2, -0.15) is 0 Å². The van der Waals surface area contributed by atoms with Crippen molar-refractivity contribution in [3.8, 4) is 0 Å². The van der Waals surface area contributed by atoms with Gasteiger partial charge in [0.05, 0.1) is 0 Å². The molecule has 0 radical (unpaired) electrons. The molecule has 1 aliphatic carbocycles. The lowest BCUT2D eigenvalue weighted by Gasteiger charge is -2.32. The normalized spacial score (nSPS) is 17.8. The van der Waals surface area contributed by atoms with Crippen molar-refractivity contribution >= 4 is 5.91 Å². The van der Waals surface area contributed by atoms with Crippen molar-refractivity contribution in [1.82, 2.24) is 4.90 Å². The summed E-state index contributed by atoms with van der Waals surface area (Å²) in [5, 5.41) is 0. The topological polar surface area (TPSA) is 29.5 Å². The molecule has 0 heterocycles. The number of nitrogens with zero attached hydrogens (tertiary/aromatic N) is 1. The molecule has 0 saturated heterocycles. The van der Waals surface area contributed by atoms with Gasteiger partial charge < -0.3 is 9.64 Å². The van der Waals surface area contributed by atoms with Crippen molar-refractivity contribution in [3.05, 3.63) is 12.7 Å². The summed E-state index contributed by atoms with van der Waals surface area (Å²) in [6.07, 6.45) is 7.30. The number of amides is 1. The van der Waals surface area contributed by atoms with Gasteiger partial charge in [0, 0.05) is 13.2 Å². The van der Waals surface area contributed by atoms with E-state index in [0.29, 0.717) is 12.8 Å². The smallest absolute Gasteiger partial charge is 0.248 e. The summed E-state index contributed by atoms with van der Waals surface area (Å²) in [5.41, 5.74) is 0. The number of hydrogen-bond acceptors (Lipinski definition) is 2. The minimum Gasteiger partial charge on any atom is -0.364 e. The average Bonchev–Trinajstić information content (AvgIpc) is 2.26. The van der Waals surface area contributed by atoms with E-state index in [1.165, 1.54) is 25.3 Å². The molecule has 0 aromatic rings. The summed E-state index contributed by atoms with van der Waals surface area (Å²) in [5.74, 6) is -0.0150. The third kappa shape index (κ3) is 2.84. The van der Waals surface area contributed by atoms with E-state index in [4.69, 9.17) is 4.74 Å². The van der Waals surface area contributed by atoms with E-state index in [9.17, 15) is 4.79 Å². The number of rotatable bonds is 4. The van der Waals surface area contributed by atoms with Gasteiger partial charge in [0.2, 0.25) is 5.91 Å². The maximum Gasteiger partial charge on any atom is 0.248 e. The largest absolute Gasteiger partial charge is 0.364 e. The molecule has 0 aliphatic heterocycles. The predicted octanol–water partition coefficient (Wildman–Crippen LogP) is 1.94. The van der Waals surface area contributed by atoms with Crippen LogP contribution in [0.5, 0.6) is 0 Å². The lowest BCUT2D eigenvalue weighted by atomic mass is 9.94. The van der Waals surface area contributed by atoms with Crippen LogP contribution in [0.2, 0.25) is 0 Å². The molecule has 0 N–H and O–H groups in total. The van der Waals surface area contributed by atoms with Crippen molar-refractivity contribution in [3.63, 3.8) is 0 Å². The fourth-order valence-corrected chi connectivity index (χ4v) is 2.00. The highest BCUT2D eigenvalue weighted by molar-refractivity contribution is 5.87. The van der Waals surface area contributed by atoms with E-state index in [1.807, 2.05) is 0 Å². The first-order chi connectivity index (χ1) is 6.79. The van der Waals surface area contributed by atoms with Gasteiger partial charge in [-0.05, 0) is 18.9 Å². The molecule has 1 rings (SSSR count). The van der Waals surface area contributed by atoms with Crippen LogP contribution in [0.4, 0.5) is 0 Å². The van der Waals surface area contributed by atoms with Gasteiger partial charge in [0.25, 0.3) is 0 Å². The van der Waals surface area contributed by atoms with E-state index >= 15 is 0 Å². The molecule has 0 bridgehead atoms. The first-order valence-corrected chi connectivity index (χ1v) is 5.21. The van der Waals surface area contributed by atoms with Crippen LogP contribution in [-0.4, -0.2) is 30.7 Å². The Morgan fingerprint density at radius 3 is 2.64 bits per heavy atom. The Balaban J connectivity index is 2.55. The van der Waals surface area contributed by atoms with Gasteiger partial charge in [-0.3, -0.25) is 4.79 Å². The Labute approximate surface area is 85.7 Å². The van der Waals surface area contributed by atoms with Crippen LogP contribution in [0.15, 0.2) is 12.7 Å². The second-order valence-electron chi connectivity index (χ2n) is 3.72. The van der Waals surface area contributed by atoms with Crippen LogP contribution in [0.1, 0.15) is 32.1 Å². The molecule has 3 heteroatoms. The minimum atomic E-state index is -0.0150. The maximum atomic E-state index is 11.5. The fraction of sp³-hybridized carbons (Fsp3) is 0.727. The summed E-state index contributed by atoms with van der Waals surface area (Å²) in [6.45, 7) is 3.90. The highest BCUT2D eigenvalue weighted by Crippen LogP contribution is 2.22. The van der Waals surface area contributed by atoms with Gasteiger partial charge in [-0.25, -0.2) is 0 Å². The van der Waals surface area contributed by atoms with Gasteiger partial charge >= 0.3 is 0 Å². The van der Waals surface area contributed by atoms with Crippen molar-refractivity contribution in [2.75, 3.05) is 13.8 Å². The van der Waals surface area contributed by atoms with Crippen molar-refractivity contribution in [2.45, 2.75) is 38.1 Å². The zero-order valence-electron chi connectivity index (χ0n) is 8.87. The summed E-state index contributed by atoms with van der Waals surface area (Å²) in [6, 6.07) is 0.356. The van der Waals surface area contributed by atoms with Crippen molar-refractivity contribution in [1.29, 1.82) is 0 Å². The standard InChI is InChI=1S/C11H19NO2/c1-3-11(13)12(9-14-2)10-7-5-4-6-8-10/h3,10H,1,4-9H2,2H3. The lowest BCUT2D eigenvalue weighted by molar-refractivity contribution is -0.134. The Hall–Kier alpha value is -0.830. The molecule has 0 unspecified atom stereocenters. The van der Waals surface area contributed by atoms with Crippen LogP contribution in [0.25, 0.3) is 0 Å². The van der Waals surface area contributed by atoms with Gasteiger partial charge in [-0.15, -0.1) is 0 Å². The van der Waals surface area contributed by atoms with E-state index in [2.05, 4.69) is 6.58 Å². The summed E-state index contributed by atoms with van der Waals surface area (Å²) in [4.78, 5) is 13.3. The number of carbonyl (C=O) groups is 1. The van der Waals surface area contributed by atoms with E-state index < -0.39 is 0 Å². The molecule has 14 heavy (non-hydrogen) atoms. The molecule has 0 aromatic carbocycles. The zero-order chi connectivity index (χ0) is 10.4. The maximum absolute atomic E-state index is 11.5. The number of hydrogen-bond donors (Lipinski definition) is 0. The third-order valence-corrected chi connectivity index (χ3v) is 2.74. The molecule has 1 fully saturated rings. The summed E-state index contributed by atoms with van der Waals surface area (Å²) >= 11 is 0. The van der Waals surface area contributed by atoms with Crippen LogP contribution in [0, 0.1) is 0 Å². The highest BCUT2D eigenvalue weighted by atomic mass is 16.5. The van der Waals surface area contributed by atoms with Gasteiger partial charge in [-0.1, -0.05) is 25.8 Å². The van der Waals surface area contributed by atoms with Gasteiger partial charge in [0.1, 0.15) is 6.73 Å². The quantitative estimate of drug-likeness (QED) is 0.509. The Bertz CT molecular complexity index is 197. The van der Waals surface area contributed by atoms with Crippen LogP contribution in [-0.2, 0) is 9.53 Å². The molecular formula is C11H19NO2.